The number of carbonyl (C=O) groups is 4. The Labute approximate surface area is 567 Å². The van der Waals surface area contributed by atoms with Crippen LogP contribution in [0.15, 0.2) is 206 Å². The maximum atomic E-state index is 14.2. The van der Waals surface area contributed by atoms with E-state index in [1.54, 1.807) is 31.4 Å². The first kappa shape index (κ1) is 71.9. The zero-order valence-corrected chi connectivity index (χ0v) is 57.7. The van der Waals surface area contributed by atoms with Crippen molar-refractivity contribution in [2.75, 3.05) is 42.3 Å². The van der Waals surface area contributed by atoms with Gasteiger partial charge in [0, 0.05) is 74.6 Å². The number of nitrogens with zero attached hydrogens (tertiary/aromatic N) is 2. The lowest BCUT2D eigenvalue weighted by Crippen LogP contribution is -2.48. The zero-order chi connectivity index (χ0) is 68.7. The molecule has 10 rings (SSSR count). The van der Waals surface area contributed by atoms with Gasteiger partial charge in [0.05, 0.1) is 43.2 Å². The Morgan fingerprint density at radius 3 is 1.35 bits per heavy atom. The number of methoxy groups -OCH3 is 1. The number of fused-ring (bicyclic) bond motifs is 1. The van der Waals surface area contributed by atoms with Crippen LogP contribution in [0.5, 0.6) is 5.75 Å². The molecular weight excluding hydrogens is 1240 g/mol. The minimum absolute atomic E-state index is 0.0238. The summed E-state index contributed by atoms with van der Waals surface area (Å²) < 4.78 is 57.7. The zero-order valence-electron chi connectivity index (χ0n) is 56.1. The lowest BCUT2D eigenvalue weighted by atomic mass is 9.81. The molecule has 1 fully saturated rings. The maximum Gasteiger partial charge on any atom is 0.231 e. The van der Waals surface area contributed by atoms with Crippen LogP contribution in [-0.4, -0.2) is 102 Å². The van der Waals surface area contributed by atoms with Crippen molar-refractivity contribution in [3.05, 3.63) is 267 Å². The van der Waals surface area contributed by atoms with Crippen LogP contribution in [0.25, 0.3) is 0 Å². The number of ether oxygens (including phenoxy) is 1. The molecule has 0 spiro atoms. The van der Waals surface area contributed by atoms with Gasteiger partial charge in [-0.05, 0) is 168 Å². The van der Waals surface area contributed by atoms with Crippen molar-refractivity contribution in [3.8, 4) is 5.75 Å². The molecule has 1 aliphatic carbocycles. The van der Waals surface area contributed by atoms with Crippen LogP contribution in [0, 0.1) is 23.7 Å². The fraction of sp³-hybridized carbons (Fsp3) is 0.350. The molecule has 3 N–H and O–H groups in total. The van der Waals surface area contributed by atoms with Gasteiger partial charge in [0.2, 0.25) is 20.0 Å². The molecule has 0 saturated heterocycles. The van der Waals surface area contributed by atoms with E-state index < -0.39 is 38.2 Å². The summed E-state index contributed by atoms with van der Waals surface area (Å²) in [6, 6.07) is 64.5. The van der Waals surface area contributed by atoms with Crippen LogP contribution < -0.4 is 18.7 Å². The number of benzene rings is 8. The topological polar surface area (TPSA) is 205 Å². The van der Waals surface area contributed by atoms with E-state index in [4.69, 9.17) is 4.74 Å². The minimum atomic E-state index is -3.66. The molecule has 0 aromatic heterocycles. The number of nitrogens with one attached hydrogen (secondary N) is 1. The van der Waals surface area contributed by atoms with Crippen molar-refractivity contribution in [2.24, 2.45) is 23.7 Å². The van der Waals surface area contributed by atoms with Gasteiger partial charge < -0.3 is 20.3 Å². The van der Waals surface area contributed by atoms with Crippen molar-refractivity contribution in [1.29, 1.82) is 0 Å². The number of Topliss-reactive ketones (excluding diaryl/α,β-unsaturated/α-hetero) is 4. The quantitative estimate of drug-likeness (QED) is 0.0375. The number of sulfonamides is 2. The SMILES string of the molecule is COc1cccc(CC2CCC([C@@H](O)[C@@H](CC(=O)c3cc(C(=O)C[C@H](C)c4ccccc4)cc(N(C)S(C)(=O)=O)c3)Cc3ccccc3)C2)c1.C[C@@H](CC(=O)c1cc(C(=O)C[C@@H](Cc2ccccc2)[C@H](O)C2Cc3ccccc3CN2)cc(N(C)S(C)(=O)=O)c1)c1ccccc1. The van der Waals surface area contributed by atoms with Crippen molar-refractivity contribution in [1.82, 2.24) is 5.32 Å². The molecule has 96 heavy (non-hydrogen) atoms. The largest absolute Gasteiger partial charge is 0.497 e. The van der Waals surface area contributed by atoms with E-state index in [9.17, 15) is 46.2 Å². The second-order valence-electron chi connectivity index (χ2n) is 26.5. The average Bonchev–Trinajstić information content (AvgIpc) is 0.944. The summed E-state index contributed by atoms with van der Waals surface area (Å²) in [5.74, 6) is -0.461. The highest BCUT2D eigenvalue weighted by molar-refractivity contribution is 7.92. The van der Waals surface area contributed by atoms with E-state index in [1.807, 2.05) is 159 Å². The Balaban J connectivity index is 0.000000226. The number of carbonyl (C=O) groups excluding carboxylic acids is 4. The van der Waals surface area contributed by atoms with Crippen LogP contribution in [0.3, 0.4) is 0 Å². The van der Waals surface area contributed by atoms with Crippen LogP contribution in [0.1, 0.15) is 151 Å². The molecule has 1 aliphatic heterocycles. The first-order chi connectivity index (χ1) is 45.9. The predicted octanol–water partition coefficient (Wildman–Crippen LogP) is 13.9. The van der Waals surface area contributed by atoms with Gasteiger partial charge in [0.15, 0.2) is 23.1 Å². The first-order valence-corrected chi connectivity index (χ1v) is 36.9. The highest BCUT2D eigenvalue weighted by Gasteiger charge is 2.37. The van der Waals surface area contributed by atoms with Crippen molar-refractivity contribution >= 4 is 54.6 Å². The molecule has 9 atom stereocenters. The highest BCUT2D eigenvalue weighted by atomic mass is 32.2. The fourth-order valence-electron chi connectivity index (χ4n) is 13.6. The Bertz CT molecular complexity index is 4170. The number of aliphatic hydroxyl groups is 2. The van der Waals surface area contributed by atoms with Gasteiger partial charge >= 0.3 is 0 Å². The third-order valence-electron chi connectivity index (χ3n) is 19.4. The molecule has 14 nitrogen and oxygen atoms in total. The second kappa shape index (κ2) is 33.0. The molecule has 1 saturated carbocycles. The normalized spacial score (nSPS) is 17.2. The first-order valence-electron chi connectivity index (χ1n) is 33.2. The van der Waals surface area contributed by atoms with Gasteiger partial charge in [0.25, 0.3) is 0 Å². The summed E-state index contributed by atoms with van der Waals surface area (Å²) in [5, 5.41) is 27.1. The summed E-state index contributed by atoms with van der Waals surface area (Å²) >= 11 is 0. The molecule has 16 heteroatoms. The smallest absolute Gasteiger partial charge is 0.231 e. The molecule has 0 radical (unpaired) electrons. The molecular formula is C80H91N3O11S2. The van der Waals surface area contributed by atoms with Crippen LogP contribution in [0.4, 0.5) is 11.4 Å². The molecule has 8 aromatic carbocycles. The van der Waals surface area contributed by atoms with E-state index in [1.165, 1.54) is 42.9 Å². The van der Waals surface area contributed by atoms with Gasteiger partial charge in [-0.25, -0.2) is 16.8 Å². The van der Waals surface area contributed by atoms with Gasteiger partial charge in [-0.3, -0.25) is 27.8 Å². The second-order valence-corrected chi connectivity index (χ2v) is 30.5. The number of hydrogen-bond acceptors (Lipinski definition) is 12. The molecule has 0 bridgehead atoms. The minimum Gasteiger partial charge on any atom is -0.497 e. The number of ketones is 4. The van der Waals surface area contributed by atoms with Crippen molar-refractivity contribution in [2.45, 2.75) is 121 Å². The standard InChI is InChI=1S/C42H49NO6S.C38H42N2O5S/c1-29(33-15-9-6-10-16-33)20-40(44)35-25-36(27-38(26-35)43(2)50(4,47)48)41(45)28-37(22-30-12-7-5-8-13-30)42(46)34-19-18-32(23-34)21-31-14-11-17-39(24-31)49-3;1-26(28-14-8-5-9-15-28)18-36(41)31-20-32(22-34(21-31)40(2)46(3,44)45)37(42)24-33(19-27-12-6-4-7-13-27)38(43)35-23-29-16-10-11-17-30(29)25-39-35/h5-17,24-27,29,32,34,37,42,46H,18-23,28H2,1-4H3;4-17,20-22,26,33,35,38-39,43H,18-19,23-25H2,1-3H3/t29-,32?,34?,37+,42+;26-,33+,35?,38-/m00/s1. The van der Waals surface area contributed by atoms with Crippen molar-refractivity contribution < 1.29 is 51.0 Å². The fourth-order valence-corrected chi connectivity index (χ4v) is 14.5. The molecule has 504 valence electrons. The summed E-state index contributed by atoms with van der Waals surface area (Å²) in [6.45, 7) is 4.58. The summed E-state index contributed by atoms with van der Waals surface area (Å²) in [6.07, 6.45) is 6.44. The van der Waals surface area contributed by atoms with Crippen LogP contribution in [-0.2, 0) is 52.3 Å². The highest BCUT2D eigenvalue weighted by Crippen LogP contribution is 2.40. The molecule has 1 heterocycles. The molecule has 8 aromatic rings. The van der Waals surface area contributed by atoms with E-state index in [0.29, 0.717) is 37.3 Å². The van der Waals surface area contributed by atoms with E-state index >= 15 is 0 Å². The van der Waals surface area contributed by atoms with E-state index in [2.05, 4.69) is 29.6 Å². The average molecular weight is 1330 g/mol. The Hall–Kier alpha value is -8.38. The lowest BCUT2D eigenvalue weighted by Gasteiger charge is -2.34. The third kappa shape index (κ3) is 19.7. The maximum absolute atomic E-state index is 14.2. The summed E-state index contributed by atoms with van der Waals surface area (Å²) in [7, 11) is -2.83. The van der Waals surface area contributed by atoms with Gasteiger partial charge in [-0.15, -0.1) is 0 Å². The third-order valence-corrected chi connectivity index (χ3v) is 21.8. The predicted molar refractivity (Wildman–Crippen MR) is 382 cm³/mol. The molecule has 2 aliphatic rings. The Morgan fingerprint density at radius 2 is 0.906 bits per heavy atom. The van der Waals surface area contributed by atoms with E-state index in [0.717, 1.165) is 74.8 Å². The number of aliphatic hydroxyl groups excluding tert-OH is 2. The summed E-state index contributed by atoms with van der Waals surface area (Å²) in [5.41, 5.74) is 9.26. The monoisotopic (exact) mass is 1330 g/mol. The van der Waals surface area contributed by atoms with E-state index in [-0.39, 0.29) is 107 Å². The lowest BCUT2D eigenvalue weighted by molar-refractivity contribution is 0.0442. The van der Waals surface area contributed by atoms with Crippen molar-refractivity contribution in [3.63, 3.8) is 0 Å². The Kier molecular flexibility index (Phi) is 24.8. The van der Waals surface area contributed by atoms with Crippen LogP contribution in [0.2, 0.25) is 0 Å². The molecule has 0 amide bonds. The van der Waals surface area contributed by atoms with Gasteiger partial charge in [-0.2, -0.15) is 0 Å². The summed E-state index contributed by atoms with van der Waals surface area (Å²) in [4.78, 5) is 55.5. The number of hydrogen-bond donors (Lipinski definition) is 3. The molecule has 3 unspecified atom stereocenters. The number of rotatable bonds is 29. The van der Waals surface area contributed by atoms with Gasteiger partial charge in [-0.1, -0.05) is 172 Å². The number of anilines is 2. The van der Waals surface area contributed by atoms with Gasteiger partial charge in [0.1, 0.15) is 5.75 Å². The van der Waals surface area contributed by atoms with Crippen LogP contribution >= 0.6 is 0 Å². The Morgan fingerprint density at radius 1 is 0.500 bits per heavy atom.